The van der Waals surface area contributed by atoms with Gasteiger partial charge in [0, 0.05) is 15.8 Å². The van der Waals surface area contributed by atoms with E-state index in [0.29, 0.717) is 0 Å². The number of hydrogen-bond donors (Lipinski definition) is 1. The van der Waals surface area contributed by atoms with E-state index in [1.54, 1.807) is 0 Å². The highest BCUT2D eigenvalue weighted by Crippen LogP contribution is 2.32. The third-order valence-corrected chi connectivity index (χ3v) is 4.50. The van der Waals surface area contributed by atoms with Crippen molar-refractivity contribution in [2.75, 3.05) is 0 Å². The van der Waals surface area contributed by atoms with Crippen molar-refractivity contribution in [2.45, 2.75) is 39.2 Å². The molecule has 0 aliphatic carbocycles. The molecule has 0 bridgehead atoms. The normalized spacial score (nSPS) is 12.6. The second-order valence-corrected chi connectivity index (χ2v) is 5.76. The molecule has 96 valence electrons. The Bertz CT molecular complexity index is 484. The van der Waals surface area contributed by atoms with Gasteiger partial charge >= 0.3 is 0 Å². The van der Waals surface area contributed by atoms with Crippen molar-refractivity contribution in [1.29, 1.82) is 0 Å². The van der Waals surface area contributed by atoms with Crippen LogP contribution >= 0.6 is 11.3 Å². The summed E-state index contributed by atoms with van der Waals surface area (Å²) in [5.74, 6) is 0. The molecule has 1 heterocycles. The van der Waals surface area contributed by atoms with Gasteiger partial charge in [0.05, 0.1) is 0 Å². The Kier molecular flexibility index (Phi) is 4.56. The van der Waals surface area contributed by atoms with Crippen molar-refractivity contribution < 1.29 is 0 Å². The zero-order valence-electron chi connectivity index (χ0n) is 11.1. The first-order valence-electron chi connectivity index (χ1n) is 6.69. The van der Waals surface area contributed by atoms with Crippen LogP contribution in [0, 0.1) is 0 Å². The van der Waals surface area contributed by atoms with Crippen molar-refractivity contribution in [3.8, 4) is 10.4 Å². The summed E-state index contributed by atoms with van der Waals surface area (Å²) in [6, 6.07) is 13.4. The highest BCUT2D eigenvalue weighted by Gasteiger charge is 2.09. The summed E-state index contributed by atoms with van der Waals surface area (Å²) < 4.78 is 0. The third kappa shape index (κ3) is 3.01. The SMILES string of the molecule is CCCC(N)c1ccc(-c2ccc(CC)cc2)s1. The molecule has 0 fully saturated rings. The summed E-state index contributed by atoms with van der Waals surface area (Å²) in [7, 11) is 0. The van der Waals surface area contributed by atoms with Gasteiger partial charge < -0.3 is 5.73 Å². The topological polar surface area (TPSA) is 26.0 Å². The standard InChI is InChI=1S/C16H21NS/c1-3-5-14(17)16-11-10-15(18-16)13-8-6-12(4-2)7-9-13/h6-11,14H,3-5,17H2,1-2H3. The molecule has 2 heteroatoms. The lowest BCUT2D eigenvalue weighted by molar-refractivity contribution is 0.648. The van der Waals surface area contributed by atoms with Gasteiger partial charge in [-0.2, -0.15) is 0 Å². The van der Waals surface area contributed by atoms with Crippen LogP contribution in [0.1, 0.15) is 43.2 Å². The van der Waals surface area contributed by atoms with E-state index in [9.17, 15) is 0 Å². The van der Waals surface area contributed by atoms with Gasteiger partial charge in [0.15, 0.2) is 0 Å². The summed E-state index contributed by atoms with van der Waals surface area (Å²) >= 11 is 1.82. The molecule has 0 saturated heterocycles. The zero-order chi connectivity index (χ0) is 13.0. The molecule has 2 aromatic rings. The summed E-state index contributed by atoms with van der Waals surface area (Å²) in [6.45, 7) is 4.36. The van der Waals surface area contributed by atoms with Crippen molar-refractivity contribution in [3.05, 3.63) is 46.8 Å². The van der Waals surface area contributed by atoms with E-state index in [-0.39, 0.29) is 6.04 Å². The predicted octanol–water partition coefficient (Wildman–Crippen LogP) is 4.78. The maximum absolute atomic E-state index is 6.15. The van der Waals surface area contributed by atoms with Gasteiger partial charge in [0.1, 0.15) is 0 Å². The first kappa shape index (κ1) is 13.3. The van der Waals surface area contributed by atoms with E-state index in [0.717, 1.165) is 19.3 Å². The molecule has 0 spiro atoms. The zero-order valence-corrected chi connectivity index (χ0v) is 12.0. The molecule has 0 radical (unpaired) electrons. The molecule has 0 saturated carbocycles. The maximum Gasteiger partial charge on any atom is 0.0389 e. The fourth-order valence-electron chi connectivity index (χ4n) is 2.07. The Morgan fingerprint density at radius 3 is 2.39 bits per heavy atom. The van der Waals surface area contributed by atoms with Crippen LogP contribution in [0.15, 0.2) is 36.4 Å². The van der Waals surface area contributed by atoms with Crippen molar-refractivity contribution in [2.24, 2.45) is 5.73 Å². The predicted molar refractivity (Wildman–Crippen MR) is 81.0 cm³/mol. The van der Waals surface area contributed by atoms with Crippen molar-refractivity contribution in [1.82, 2.24) is 0 Å². The number of hydrogen-bond acceptors (Lipinski definition) is 2. The minimum Gasteiger partial charge on any atom is -0.323 e. The quantitative estimate of drug-likeness (QED) is 0.821. The smallest absolute Gasteiger partial charge is 0.0389 e. The average molecular weight is 259 g/mol. The van der Waals surface area contributed by atoms with Gasteiger partial charge in [-0.3, -0.25) is 0 Å². The van der Waals surface area contributed by atoms with E-state index in [1.165, 1.54) is 20.9 Å². The van der Waals surface area contributed by atoms with Gasteiger partial charge in [-0.15, -0.1) is 11.3 Å². The van der Waals surface area contributed by atoms with E-state index in [2.05, 4.69) is 50.2 Å². The number of thiophene rings is 1. The fraction of sp³-hybridized carbons (Fsp3) is 0.375. The maximum atomic E-state index is 6.15. The fourth-order valence-corrected chi connectivity index (χ4v) is 3.11. The van der Waals surface area contributed by atoms with Crippen LogP contribution in [-0.2, 0) is 6.42 Å². The summed E-state index contributed by atoms with van der Waals surface area (Å²) in [4.78, 5) is 2.62. The Labute approximate surface area is 114 Å². The number of benzene rings is 1. The van der Waals surface area contributed by atoms with E-state index in [4.69, 9.17) is 5.73 Å². The van der Waals surface area contributed by atoms with Crippen LogP contribution < -0.4 is 5.73 Å². The first-order valence-corrected chi connectivity index (χ1v) is 7.50. The summed E-state index contributed by atoms with van der Waals surface area (Å²) in [5.41, 5.74) is 8.84. The van der Waals surface area contributed by atoms with Gasteiger partial charge in [-0.1, -0.05) is 44.5 Å². The highest BCUT2D eigenvalue weighted by molar-refractivity contribution is 7.15. The van der Waals surface area contributed by atoms with Crippen LogP contribution in [0.4, 0.5) is 0 Å². The second kappa shape index (κ2) is 6.17. The number of rotatable bonds is 5. The Hall–Kier alpha value is -1.12. The summed E-state index contributed by atoms with van der Waals surface area (Å²) in [5, 5.41) is 0. The molecule has 1 unspecified atom stereocenters. The lowest BCUT2D eigenvalue weighted by Crippen LogP contribution is -2.07. The summed E-state index contributed by atoms with van der Waals surface area (Å²) in [6.07, 6.45) is 3.30. The number of nitrogens with two attached hydrogens (primary N) is 1. The van der Waals surface area contributed by atoms with Crippen molar-refractivity contribution in [3.63, 3.8) is 0 Å². The molecule has 1 nitrogen and oxygen atoms in total. The number of aryl methyl sites for hydroxylation is 1. The molecular formula is C16H21NS. The van der Waals surface area contributed by atoms with Crippen LogP contribution in [0.3, 0.4) is 0 Å². The monoisotopic (exact) mass is 259 g/mol. The second-order valence-electron chi connectivity index (χ2n) is 4.65. The largest absolute Gasteiger partial charge is 0.323 e. The minimum atomic E-state index is 0.198. The molecule has 2 rings (SSSR count). The third-order valence-electron chi connectivity index (χ3n) is 3.24. The van der Waals surface area contributed by atoms with Crippen LogP contribution in [0.25, 0.3) is 10.4 Å². The Morgan fingerprint density at radius 1 is 1.06 bits per heavy atom. The molecule has 0 aliphatic rings. The van der Waals surface area contributed by atoms with Crippen LogP contribution in [0.5, 0.6) is 0 Å². The molecule has 1 aromatic carbocycles. The molecule has 1 aromatic heterocycles. The van der Waals surface area contributed by atoms with Gasteiger partial charge in [0.2, 0.25) is 0 Å². The highest BCUT2D eigenvalue weighted by atomic mass is 32.1. The molecule has 0 aliphatic heterocycles. The van der Waals surface area contributed by atoms with E-state index < -0.39 is 0 Å². The molecule has 2 N–H and O–H groups in total. The molecular weight excluding hydrogens is 238 g/mol. The van der Waals surface area contributed by atoms with Gasteiger partial charge in [-0.25, -0.2) is 0 Å². The van der Waals surface area contributed by atoms with Gasteiger partial charge in [-0.05, 0) is 36.1 Å². The lowest BCUT2D eigenvalue weighted by Gasteiger charge is -2.06. The van der Waals surface area contributed by atoms with E-state index >= 15 is 0 Å². The first-order chi connectivity index (χ1) is 8.74. The van der Waals surface area contributed by atoms with Crippen molar-refractivity contribution >= 4 is 11.3 Å². The Morgan fingerprint density at radius 2 is 1.78 bits per heavy atom. The lowest BCUT2D eigenvalue weighted by atomic mass is 10.1. The molecule has 0 amide bonds. The minimum absolute atomic E-state index is 0.198. The molecule has 1 atom stereocenters. The van der Waals surface area contributed by atoms with Crippen LogP contribution in [-0.4, -0.2) is 0 Å². The van der Waals surface area contributed by atoms with Crippen LogP contribution in [0.2, 0.25) is 0 Å². The van der Waals surface area contributed by atoms with E-state index in [1.807, 2.05) is 11.3 Å². The van der Waals surface area contributed by atoms with Gasteiger partial charge in [0.25, 0.3) is 0 Å². The Balaban J connectivity index is 2.18. The molecule has 18 heavy (non-hydrogen) atoms. The average Bonchev–Trinajstić information content (AvgIpc) is 2.89.